The van der Waals surface area contributed by atoms with Crippen molar-refractivity contribution in [3.8, 4) is 0 Å². The van der Waals surface area contributed by atoms with Gasteiger partial charge in [-0.15, -0.1) is 0 Å². The maximum absolute atomic E-state index is 13.2. The summed E-state index contributed by atoms with van der Waals surface area (Å²) in [5.74, 6) is -0.284. The van der Waals surface area contributed by atoms with Crippen LogP contribution < -0.4 is 5.32 Å². The number of aliphatic hydroxyl groups excluding tert-OH is 8. The minimum absolute atomic E-state index is 0.234. The van der Waals surface area contributed by atoms with Gasteiger partial charge in [0.1, 0.15) is 48.8 Å². The number of amides is 1. The molecule has 9 N–H and O–H groups in total. The van der Waals surface area contributed by atoms with E-state index in [9.17, 15) is 45.6 Å². The fourth-order valence-corrected chi connectivity index (χ4v) is 7.79. The fraction of sp³-hybridized carbons (Fsp3) is 0.638. The molecule has 2 heterocycles. The fourth-order valence-electron chi connectivity index (χ4n) is 7.79. The van der Waals surface area contributed by atoms with Crippen LogP contribution in [0.2, 0.25) is 0 Å². The summed E-state index contributed by atoms with van der Waals surface area (Å²) in [6.07, 6.45) is 44.0. The van der Waals surface area contributed by atoms with E-state index in [0.29, 0.717) is 12.8 Å². The van der Waals surface area contributed by atoms with Crippen LogP contribution in [-0.2, 0) is 23.7 Å². The predicted molar refractivity (Wildman–Crippen MR) is 285 cm³/mol. The largest absolute Gasteiger partial charge is 0.394 e. The van der Waals surface area contributed by atoms with Crippen molar-refractivity contribution in [2.45, 2.75) is 216 Å². The first kappa shape index (κ1) is 64.5. The molecule has 0 bridgehead atoms. The second-order valence-corrected chi connectivity index (χ2v) is 18.3. The first-order valence-electron chi connectivity index (χ1n) is 26.8. The lowest BCUT2D eigenvalue weighted by molar-refractivity contribution is -0.359. The Morgan fingerprint density at radius 2 is 0.972 bits per heavy atom. The monoisotopic (exact) mass is 1010 g/mol. The van der Waals surface area contributed by atoms with Gasteiger partial charge >= 0.3 is 0 Å². The van der Waals surface area contributed by atoms with E-state index in [1.54, 1.807) is 6.08 Å². The molecule has 0 aromatic heterocycles. The van der Waals surface area contributed by atoms with Gasteiger partial charge < -0.3 is 65.1 Å². The second kappa shape index (κ2) is 42.7. The molecule has 0 spiro atoms. The average Bonchev–Trinajstić information content (AvgIpc) is 3.38. The molecule has 14 nitrogen and oxygen atoms in total. The van der Waals surface area contributed by atoms with Gasteiger partial charge in [-0.25, -0.2) is 0 Å². The van der Waals surface area contributed by atoms with Crippen LogP contribution in [0.25, 0.3) is 0 Å². The quantitative estimate of drug-likeness (QED) is 0.0211. The van der Waals surface area contributed by atoms with Crippen LogP contribution in [0.3, 0.4) is 0 Å². The zero-order valence-corrected chi connectivity index (χ0v) is 43.4. The highest BCUT2D eigenvalue weighted by Crippen LogP contribution is 2.30. The van der Waals surface area contributed by atoms with Gasteiger partial charge in [-0.3, -0.25) is 4.79 Å². The first-order valence-corrected chi connectivity index (χ1v) is 26.8. The maximum atomic E-state index is 13.2. The SMILES string of the molecule is CC/C=C\C/C=C\C/C=C\C/C=C\C/C=C\C/C=C\C/C=C\C/C=C\CCCCCCC(=O)NC(COC1OC(CO)C(OC2OC(CO)C(O)C(O)C2O)C(O)C1O)C(O)/C=C/CC/C=C/CCCCC. The van der Waals surface area contributed by atoms with Crippen molar-refractivity contribution < 1.29 is 64.6 Å². The number of carbonyl (C=O) groups is 1. The van der Waals surface area contributed by atoms with E-state index < -0.39 is 86.8 Å². The Kier molecular flexibility index (Phi) is 38.3. The smallest absolute Gasteiger partial charge is 0.220 e. The molecule has 0 aliphatic carbocycles. The lowest BCUT2D eigenvalue weighted by Crippen LogP contribution is -2.65. The van der Waals surface area contributed by atoms with Crippen molar-refractivity contribution >= 4 is 5.91 Å². The minimum Gasteiger partial charge on any atom is -0.394 e. The first-order chi connectivity index (χ1) is 35.1. The minimum atomic E-state index is -1.80. The van der Waals surface area contributed by atoms with Crippen molar-refractivity contribution in [3.63, 3.8) is 0 Å². The number of aliphatic hydroxyl groups is 8. The van der Waals surface area contributed by atoms with Crippen LogP contribution in [0, 0.1) is 0 Å². The molecule has 72 heavy (non-hydrogen) atoms. The highest BCUT2D eigenvalue weighted by molar-refractivity contribution is 5.76. The van der Waals surface area contributed by atoms with Crippen molar-refractivity contribution in [1.29, 1.82) is 0 Å². The van der Waals surface area contributed by atoms with E-state index in [0.717, 1.165) is 103 Å². The summed E-state index contributed by atoms with van der Waals surface area (Å²) >= 11 is 0. The molecule has 2 saturated heterocycles. The third-order valence-corrected chi connectivity index (χ3v) is 12.1. The lowest BCUT2D eigenvalue weighted by Gasteiger charge is -2.46. The Labute approximate surface area is 431 Å². The maximum Gasteiger partial charge on any atom is 0.220 e. The highest BCUT2D eigenvalue weighted by Gasteiger charge is 2.51. The number of carbonyl (C=O) groups excluding carboxylic acids is 1. The van der Waals surface area contributed by atoms with Gasteiger partial charge in [-0.1, -0.05) is 161 Å². The topological polar surface area (TPSA) is 228 Å². The van der Waals surface area contributed by atoms with Crippen molar-refractivity contribution in [1.82, 2.24) is 5.32 Å². The zero-order chi connectivity index (χ0) is 52.4. The molecule has 2 rings (SSSR count). The summed E-state index contributed by atoms with van der Waals surface area (Å²) in [6, 6.07) is -0.952. The van der Waals surface area contributed by atoms with Crippen LogP contribution >= 0.6 is 0 Å². The summed E-state index contributed by atoms with van der Waals surface area (Å²) < 4.78 is 22.6. The van der Waals surface area contributed by atoms with Gasteiger partial charge in [0.15, 0.2) is 12.6 Å². The molecule has 0 aromatic rings. The molecule has 0 radical (unpaired) electrons. The molecule has 2 aliphatic heterocycles. The van der Waals surface area contributed by atoms with Crippen LogP contribution in [0.4, 0.5) is 0 Å². The summed E-state index contributed by atoms with van der Waals surface area (Å²) in [6.45, 7) is 2.54. The van der Waals surface area contributed by atoms with Crippen molar-refractivity contribution in [3.05, 3.63) is 122 Å². The number of unbranched alkanes of at least 4 members (excludes halogenated alkanes) is 8. The van der Waals surface area contributed by atoms with E-state index in [2.05, 4.69) is 129 Å². The molecule has 2 fully saturated rings. The van der Waals surface area contributed by atoms with Crippen molar-refractivity contribution in [2.24, 2.45) is 0 Å². The number of hydrogen-bond donors (Lipinski definition) is 9. The predicted octanol–water partition coefficient (Wildman–Crippen LogP) is 7.88. The van der Waals surface area contributed by atoms with E-state index in [1.165, 1.54) is 6.42 Å². The van der Waals surface area contributed by atoms with Gasteiger partial charge in [0.25, 0.3) is 0 Å². The lowest BCUT2D eigenvalue weighted by atomic mass is 9.97. The van der Waals surface area contributed by atoms with Gasteiger partial charge in [0.2, 0.25) is 5.91 Å². The van der Waals surface area contributed by atoms with Crippen LogP contribution in [-0.4, -0.2) is 140 Å². The summed E-state index contributed by atoms with van der Waals surface area (Å²) in [5.41, 5.74) is 0. The summed E-state index contributed by atoms with van der Waals surface area (Å²) in [7, 11) is 0. The number of rotatable bonds is 39. The average molecular weight is 1010 g/mol. The number of hydrogen-bond acceptors (Lipinski definition) is 13. The molecular weight excluding hydrogens is 919 g/mol. The van der Waals surface area contributed by atoms with E-state index in [4.69, 9.17) is 18.9 Å². The van der Waals surface area contributed by atoms with Crippen LogP contribution in [0.1, 0.15) is 142 Å². The van der Waals surface area contributed by atoms with E-state index >= 15 is 0 Å². The molecule has 2 aliphatic rings. The standard InChI is InChI=1S/C58H93NO13/c1-3-5-7-9-11-13-14-15-16-17-18-19-20-21-22-23-24-25-26-27-28-29-30-31-32-34-36-38-40-42-50(63)59-46(47(62)41-39-37-35-33-12-10-8-6-4-2)45-69-57-55(68)53(66)56(49(44-61)71-57)72-58-54(67)52(65)51(64)48(43-60)70-58/h5,7,11-13,15-16,18-19,21-22,24-25,27-28,30-31,33,39,41,46-49,51-58,60-62,64-68H,3-4,6,8-10,14,17,20,23,26,29,32,34-38,40,42-45H2,1-2H3,(H,59,63)/b7-5-,13-11-,16-15-,19-18-,22-21-,25-24-,28-27-,31-30-,33-12+,41-39+. The van der Waals surface area contributed by atoms with Gasteiger partial charge in [-0.05, 0) is 96.3 Å². The molecule has 0 saturated carbocycles. The van der Waals surface area contributed by atoms with Crippen LogP contribution in [0.15, 0.2) is 122 Å². The van der Waals surface area contributed by atoms with Gasteiger partial charge in [0, 0.05) is 6.42 Å². The Balaban J connectivity index is 1.74. The van der Waals surface area contributed by atoms with Gasteiger partial charge in [-0.2, -0.15) is 0 Å². The Bertz CT molecular complexity index is 1670. The molecule has 14 heteroatoms. The number of nitrogens with one attached hydrogen (secondary N) is 1. The number of ether oxygens (including phenoxy) is 4. The van der Waals surface area contributed by atoms with E-state index in [-0.39, 0.29) is 18.9 Å². The van der Waals surface area contributed by atoms with E-state index in [1.807, 2.05) is 6.08 Å². The molecular formula is C58H93NO13. The van der Waals surface area contributed by atoms with Crippen molar-refractivity contribution in [2.75, 3.05) is 19.8 Å². The Morgan fingerprint density at radius 1 is 0.514 bits per heavy atom. The third-order valence-electron chi connectivity index (χ3n) is 12.1. The molecule has 0 aromatic carbocycles. The van der Waals surface area contributed by atoms with Gasteiger partial charge in [0.05, 0.1) is 32.0 Å². The third kappa shape index (κ3) is 28.7. The zero-order valence-electron chi connectivity index (χ0n) is 43.4. The summed E-state index contributed by atoms with van der Waals surface area (Å²) in [5, 5.41) is 86.6. The molecule has 12 unspecified atom stereocenters. The highest BCUT2D eigenvalue weighted by atomic mass is 16.7. The molecule has 408 valence electrons. The second-order valence-electron chi connectivity index (χ2n) is 18.3. The Morgan fingerprint density at radius 3 is 1.51 bits per heavy atom. The van der Waals surface area contributed by atoms with Crippen LogP contribution in [0.5, 0.6) is 0 Å². The Hall–Kier alpha value is -3.61. The molecule has 12 atom stereocenters. The number of allylic oxidation sites excluding steroid dienone is 19. The summed E-state index contributed by atoms with van der Waals surface area (Å²) in [4.78, 5) is 13.2. The molecule has 1 amide bonds. The normalized spacial score (nSPS) is 26.6.